The fourth-order valence-electron chi connectivity index (χ4n) is 1.71. The van der Waals surface area contributed by atoms with Crippen LogP contribution in [0.25, 0.3) is 0 Å². The van der Waals surface area contributed by atoms with Crippen LogP contribution < -0.4 is 5.32 Å². The van der Waals surface area contributed by atoms with E-state index in [1.165, 1.54) is 6.07 Å². The first-order valence-corrected chi connectivity index (χ1v) is 6.45. The molecule has 1 N–H and O–H groups in total. The molecule has 0 saturated heterocycles. The molecular weight excluding hydrogens is 235 g/mol. The summed E-state index contributed by atoms with van der Waals surface area (Å²) in [5.41, 5.74) is 0.911. The smallest absolute Gasteiger partial charge is 0.123 e. The van der Waals surface area contributed by atoms with E-state index in [1.807, 2.05) is 11.4 Å². The summed E-state index contributed by atoms with van der Waals surface area (Å²) >= 11 is 1.58. The molecule has 1 heterocycles. The Morgan fingerprint density at radius 1 is 1.35 bits per heavy atom. The van der Waals surface area contributed by atoms with Crippen molar-refractivity contribution in [3.63, 3.8) is 0 Å². The van der Waals surface area contributed by atoms with Crippen LogP contribution in [0.15, 0.2) is 35.8 Å². The minimum Gasteiger partial charge on any atom is -0.302 e. The molecule has 0 aliphatic heterocycles. The summed E-state index contributed by atoms with van der Waals surface area (Å²) in [5, 5.41) is 6.30. The molecule has 17 heavy (non-hydrogen) atoms. The van der Waals surface area contributed by atoms with Crippen molar-refractivity contribution in [3.8, 4) is 0 Å². The van der Waals surface area contributed by atoms with Gasteiger partial charge in [-0.25, -0.2) is 9.37 Å². The Kier molecular flexibility index (Phi) is 3.86. The average molecular weight is 250 g/mol. The van der Waals surface area contributed by atoms with Crippen LogP contribution in [-0.2, 0) is 0 Å². The lowest BCUT2D eigenvalue weighted by atomic mass is 10.1. The molecule has 1 atom stereocenters. The number of halogens is 1. The van der Waals surface area contributed by atoms with E-state index in [-0.39, 0.29) is 11.9 Å². The van der Waals surface area contributed by atoms with Crippen LogP contribution >= 0.6 is 11.3 Å². The molecule has 1 aromatic heterocycles. The van der Waals surface area contributed by atoms with Crippen molar-refractivity contribution < 1.29 is 4.39 Å². The number of hydrogen-bond acceptors (Lipinski definition) is 3. The number of hydrogen-bond donors (Lipinski definition) is 1. The number of nitrogens with zero attached hydrogens (tertiary/aromatic N) is 1. The first-order valence-electron chi connectivity index (χ1n) is 5.57. The van der Waals surface area contributed by atoms with Gasteiger partial charge in [-0.3, -0.25) is 0 Å². The SMILES string of the molecule is CC(C)NC(c1cccc(F)c1)c1nccs1. The summed E-state index contributed by atoms with van der Waals surface area (Å²) in [4.78, 5) is 4.31. The fraction of sp³-hybridized carbons (Fsp3) is 0.308. The lowest BCUT2D eigenvalue weighted by Crippen LogP contribution is -2.28. The summed E-state index contributed by atoms with van der Waals surface area (Å²) in [6.07, 6.45) is 1.77. The van der Waals surface area contributed by atoms with Crippen molar-refractivity contribution in [2.75, 3.05) is 0 Å². The Balaban J connectivity index is 2.33. The van der Waals surface area contributed by atoms with E-state index in [2.05, 4.69) is 24.1 Å². The lowest BCUT2D eigenvalue weighted by molar-refractivity contribution is 0.523. The molecule has 4 heteroatoms. The Hall–Kier alpha value is -1.26. The van der Waals surface area contributed by atoms with Gasteiger partial charge in [0.05, 0.1) is 6.04 Å². The van der Waals surface area contributed by atoms with Crippen molar-refractivity contribution in [2.45, 2.75) is 25.9 Å². The van der Waals surface area contributed by atoms with Crippen molar-refractivity contribution in [2.24, 2.45) is 0 Å². The third-order valence-electron chi connectivity index (χ3n) is 2.38. The van der Waals surface area contributed by atoms with Crippen LogP contribution in [0.4, 0.5) is 4.39 Å². The third kappa shape index (κ3) is 3.11. The molecule has 90 valence electrons. The average Bonchev–Trinajstić information content (AvgIpc) is 2.79. The second-order valence-electron chi connectivity index (χ2n) is 4.18. The van der Waals surface area contributed by atoms with Crippen LogP contribution in [0.2, 0.25) is 0 Å². The van der Waals surface area contributed by atoms with E-state index >= 15 is 0 Å². The van der Waals surface area contributed by atoms with E-state index in [1.54, 1.807) is 29.7 Å². The normalized spacial score (nSPS) is 12.9. The molecule has 0 radical (unpaired) electrons. The highest BCUT2D eigenvalue weighted by Gasteiger charge is 2.17. The van der Waals surface area contributed by atoms with Gasteiger partial charge in [0.15, 0.2) is 0 Å². The fourth-order valence-corrected chi connectivity index (χ4v) is 2.43. The molecule has 0 spiro atoms. The summed E-state index contributed by atoms with van der Waals surface area (Å²) in [6.45, 7) is 4.14. The Labute approximate surface area is 105 Å². The second-order valence-corrected chi connectivity index (χ2v) is 5.11. The minimum absolute atomic E-state index is 0.0364. The molecule has 0 bridgehead atoms. The summed E-state index contributed by atoms with van der Waals surface area (Å²) in [7, 11) is 0. The van der Waals surface area contributed by atoms with Crippen LogP contribution in [0.3, 0.4) is 0 Å². The highest BCUT2D eigenvalue weighted by atomic mass is 32.1. The minimum atomic E-state index is -0.213. The van der Waals surface area contributed by atoms with Crippen LogP contribution in [-0.4, -0.2) is 11.0 Å². The van der Waals surface area contributed by atoms with Gasteiger partial charge in [0.2, 0.25) is 0 Å². The van der Waals surface area contributed by atoms with Gasteiger partial charge in [-0.15, -0.1) is 11.3 Å². The van der Waals surface area contributed by atoms with Crippen molar-refractivity contribution in [3.05, 3.63) is 52.2 Å². The maximum atomic E-state index is 13.3. The van der Waals surface area contributed by atoms with Gasteiger partial charge in [0.25, 0.3) is 0 Å². The van der Waals surface area contributed by atoms with E-state index < -0.39 is 0 Å². The monoisotopic (exact) mass is 250 g/mol. The number of nitrogens with one attached hydrogen (secondary N) is 1. The second kappa shape index (κ2) is 5.38. The van der Waals surface area contributed by atoms with Crippen LogP contribution in [0.5, 0.6) is 0 Å². The van der Waals surface area contributed by atoms with Crippen LogP contribution in [0.1, 0.15) is 30.5 Å². The molecule has 0 saturated carbocycles. The van der Waals surface area contributed by atoms with Gasteiger partial charge >= 0.3 is 0 Å². The topological polar surface area (TPSA) is 24.9 Å². The summed E-state index contributed by atoms with van der Waals surface area (Å²) in [5.74, 6) is -0.213. The van der Waals surface area contributed by atoms with Crippen LogP contribution in [0, 0.1) is 5.82 Å². The van der Waals surface area contributed by atoms with Gasteiger partial charge in [-0.2, -0.15) is 0 Å². The zero-order valence-corrected chi connectivity index (χ0v) is 10.7. The highest BCUT2D eigenvalue weighted by molar-refractivity contribution is 7.09. The maximum Gasteiger partial charge on any atom is 0.123 e. The van der Waals surface area contributed by atoms with Crippen molar-refractivity contribution in [1.82, 2.24) is 10.3 Å². The molecular formula is C13H15FN2S. The quantitative estimate of drug-likeness (QED) is 0.900. The predicted molar refractivity (Wildman–Crippen MR) is 68.6 cm³/mol. The first-order chi connectivity index (χ1) is 8.16. The first kappa shape index (κ1) is 12.2. The zero-order valence-electron chi connectivity index (χ0n) is 9.85. The molecule has 2 aromatic rings. The molecule has 0 aliphatic rings. The molecule has 2 nitrogen and oxygen atoms in total. The molecule has 1 unspecified atom stereocenters. The summed E-state index contributed by atoms with van der Waals surface area (Å²) < 4.78 is 13.3. The van der Waals surface area contributed by atoms with E-state index in [4.69, 9.17) is 0 Å². The number of rotatable bonds is 4. The van der Waals surface area contributed by atoms with Gasteiger partial charge in [-0.05, 0) is 31.5 Å². The molecule has 0 aliphatic carbocycles. The Morgan fingerprint density at radius 3 is 2.76 bits per heavy atom. The predicted octanol–water partition coefficient (Wildman–Crippen LogP) is 3.37. The van der Waals surface area contributed by atoms with E-state index in [0.29, 0.717) is 6.04 Å². The Bertz CT molecular complexity index is 468. The van der Waals surface area contributed by atoms with E-state index in [0.717, 1.165) is 10.6 Å². The molecule has 0 fully saturated rings. The van der Waals surface area contributed by atoms with Gasteiger partial charge in [0, 0.05) is 17.6 Å². The summed E-state index contributed by atoms with van der Waals surface area (Å²) in [6, 6.07) is 6.94. The molecule has 1 aromatic carbocycles. The lowest BCUT2D eigenvalue weighted by Gasteiger charge is -2.19. The van der Waals surface area contributed by atoms with Crippen molar-refractivity contribution >= 4 is 11.3 Å². The van der Waals surface area contributed by atoms with Crippen molar-refractivity contribution in [1.29, 1.82) is 0 Å². The zero-order chi connectivity index (χ0) is 12.3. The van der Waals surface area contributed by atoms with Gasteiger partial charge in [0.1, 0.15) is 10.8 Å². The van der Waals surface area contributed by atoms with Gasteiger partial charge in [-0.1, -0.05) is 12.1 Å². The molecule has 2 rings (SSSR count). The molecule has 0 amide bonds. The largest absolute Gasteiger partial charge is 0.302 e. The number of thiazole rings is 1. The highest BCUT2D eigenvalue weighted by Crippen LogP contribution is 2.24. The Morgan fingerprint density at radius 2 is 2.18 bits per heavy atom. The number of aromatic nitrogens is 1. The van der Waals surface area contributed by atoms with Gasteiger partial charge < -0.3 is 5.32 Å². The third-order valence-corrected chi connectivity index (χ3v) is 3.22. The standard InChI is InChI=1S/C13H15FN2S/c1-9(2)16-12(13-15-6-7-17-13)10-4-3-5-11(14)8-10/h3-9,12,16H,1-2H3. The van der Waals surface area contributed by atoms with E-state index in [9.17, 15) is 4.39 Å². The number of benzene rings is 1. The maximum absolute atomic E-state index is 13.3.